The van der Waals surface area contributed by atoms with Crippen molar-refractivity contribution in [3.05, 3.63) is 88.3 Å². The van der Waals surface area contributed by atoms with E-state index in [1.165, 1.54) is 55.7 Å². The first-order valence-corrected chi connectivity index (χ1v) is 10.3. The molecule has 34 heavy (non-hydrogen) atoms. The van der Waals surface area contributed by atoms with E-state index in [0.717, 1.165) is 0 Å². The van der Waals surface area contributed by atoms with Crippen LogP contribution in [0.25, 0.3) is 0 Å². The monoisotopic (exact) mass is 485 g/mol. The number of aliphatic carboxylic acids is 1. The first-order chi connectivity index (χ1) is 16.2. The molecule has 3 rings (SSSR count). The number of imide groups is 1. The molecule has 1 aromatic heterocycles. The molecular formula is C23H20ClN3O7. The summed E-state index contributed by atoms with van der Waals surface area (Å²) in [5.41, 5.74) is 3.01. The Morgan fingerprint density at radius 2 is 1.82 bits per heavy atom. The average molecular weight is 486 g/mol. The summed E-state index contributed by atoms with van der Waals surface area (Å²) in [4.78, 5) is 49.6. The molecule has 0 spiro atoms. The fourth-order valence-corrected chi connectivity index (χ4v) is 3.13. The highest BCUT2D eigenvalue weighted by molar-refractivity contribution is 6.34. The molecule has 0 radical (unpaired) electrons. The van der Waals surface area contributed by atoms with Crippen LogP contribution in [0.15, 0.2) is 65.3 Å². The van der Waals surface area contributed by atoms with Gasteiger partial charge in [-0.2, -0.15) is 0 Å². The van der Waals surface area contributed by atoms with Gasteiger partial charge in [0, 0.05) is 12.1 Å². The van der Waals surface area contributed by atoms with Gasteiger partial charge in [0.1, 0.15) is 11.8 Å². The van der Waals surface area contributed by atoms with Crippen LogP contribution in [0.1, 0.15) is 43.8 Å². The van der Waals surface area contributed by atoms with E-state index in [2.05, 4.69) is 10.7 Å². The first kappa shape index (κ1) is 24.5. The van der Waals surface area contributed by atoms with Gasteiger partial charge in [-0.05, 0) is 55.0 Å². The quantitative estimate of drug-likeness (QED) is 0.281. The highest BCUT2D eigenvalue weighted by atomic mass is 35.5. The SMILES string of the molecule is C[C@H](NN(C(=O)c1ccco1)C(=O)c1ccc(C(=O)NCc2cccc(O)c2)cc1Cl)C(=O)O. The summed E-state index contributed by atoms with van der Waals surface area (Å²) in [5.74, 6) is -3.77. The van der Waals surface area contributed by atoms with Crippen LogP contribution in [0, 0.1) is 0 Å². The lowest BCUT2D eigenvalue weighted by atomic mass is 10.1. The number of furan rings is 1. The number of carbonyl (C=O) groups is 4. The molecule has 176 valence electrons. The number of phenols is 1. The van der Waals surface area contributed by atoms with Gasteiger partial charge < -0.3 is 19.9 Å². The fraction of sp³-hybridized carbons (Fsp3) is 0.130. The van der Waals surface area contributed by atoms with Crippen LogP contribution in [-0.2, 0) is 11.3 Å². The Labute approximate surface area is 198 Å². The number of hydrogen-bond acceptors (Lipinski definition) is 7. The molecule has 0 bridgehead atoms. The van der Waals surface area contributed by atoms with Crippen LogP contribution in [0.4, 0.5) is 0 Å². The molecule has 0 fully saturated rings. The molecule has 0 saturated carbocycles. The zero-order valence-corrected chi connectivity index (χ0v) is 18.6. The van der Waals surface area contributed by atoms with Gasteiger partial charge in [-0.1, -0.05) is 23.7 Å². The summed E-state index contributed by atoms with van der Waals surface area (Å²) in [6, 6.07) is 11.7. The van der Waals surface area contributed by atoms with E-state index in [1.807, 2.05) is 0 Å². The molecule has 4 N–H and O–H groups in total. The molecule has 0 saturated heterocycles. The third-order valence-corrected chi connectivity index (χ3v) is 4.97. The van der Waals surface area contributed by atoms with Crippen LogP contribution in [-0.4, -0.2) is 45.0 Å². The molecule has 1 heterocycles. The van der Waals surface area contributed by atoms with Gasteiger partial charge in [0.15, 0.2) is 5.76 Å². The zero-order valence-electron chi connectivity index (χ0n) is 17.8. The lowest BCUT2D eigenvalue weighted by molar-refractivity contribution is -0.139. The molecule has 3 amide bonds. The van der Waals surface area contributed by atoms with Crippen molar-refractivity contribution in [3.63, 3.8) is 0 Å². The van der Waals surface area contributed by atoms with Gasteiger partial charge in [0.05, 0.1) is 16.8 Å². The van der Waals surface area contributed by atoms with Gasteiger partial charge in [0.25, 0.3) is 11.8 Å². The van der Waals surface area contributed by atoms with Crippen molar-refractivity contribution in [1.82, 2.24) is 15.8 Å². The van der Waals surface area contributed by atoms with Crippen molar-refractivity contribution in [1.29, 1.82) is 0 Å². The minimum Gasteiger partial charge on any atom is -0.508 e. The topological polar surface area (TPSA) is 149 Å². The average Bonchev–Trinajstić information content (AvgIpc) is 3.35. The number of nitrogens with one attached hydrogen (secondary N) is 2. The maximum absolute atomic E-state index is 13.1. The smallest absolute Gasteiger partial charge is 0.322 e. The summed E-state index contributed by atoms with van der Waals surface area (Å²) < 4.78 is 5.02. The maximum atomic E-state index is 13.1. The van der Waals surface area contributed by atoms with Gasteiger partial charge in [-0.25, -0.2) is 10.4 Å². The van der Waals surface area contributed by atoms with Gasteiger partial charge in [-0.3, -0.25) is 19.2 Å². The number of nitrogens with zero attached hydrogens (tertiary/aromatic N) is 1. The second kappa shape index (κ2) is 10.6. The molecule has 11 heteroatoms. The van der Waals surface area contributed by atoms with Gasteiger partial charge in [-0.15, -0.1) is 0 Å². The predicted octanol–water partition coefficient (Wildman–Crippen LogP) is 2.83. The molecule has 10 nitrogen and oxygen atoms in total. The number of hydrogen-bond donors (Lipinski definition) is 4. The normalized spacial score (nSPS) is 11.5. The van der Waals surface area contributed by atoms with Crippen molar-refractivity contribution in [2.24, 2.45) is 0 Å². The molecule has 0 aliphatic carbocycles. The second-order valence-electron chi connectivity index (χ2n) is 7.16. The molecular weight excluding hydrogens is 466 g/mol. The van der Waals surface area contributed by atoms with Gasteiger partial charge >= 0.3 is 11.9 Å². The summed E-state index contributed by atoms with van der Waals surface area (Å²) in [6.07, 6.45) is 1.23. The van der Waals surface area contributed by atoms with E-state index < -0.39 is 29.7 Å². The number of amides is 3. The van der Waals surface area contributed by atoms with Crippen molar-refractivity contribution < 1.29 is 33.8 Å². The van der Waals surface area contributed by atoms with Gasteiger partial charge in [0.2, 0.25) is 0 Å². The largest absolute Gasteiger partial charge is 0.508 e. The second-order valence-corrected chi connectivity index (χ2v) is 7.57. The van der Waals surface area contributed by atoms with E-state index in [9.17, 15) is 29.4 Å². The van der Waals surface area contributed by atoms with Crippen LogP contribution in [0.5, 0.6) is 5.75 Å². The molecule has 0 aliphatic heterocycles. The molecule has 3 aromatic rings. The van der Waals surface area contributed by atoms with E-state index in [1.54, 1.807) is 12.1 Å². The summed E-state index contributed by atoms with van der Waals surface area (Å²) in [6.45, 7) is 1.40. The lowest BCUT2D eigenvalue weighted by Crippen LogP contribution is -2.53. The number of aromatic hydroxyl groups is 1. The number of carboxylic acid groups (broad SMARTS) is 1. The minimum absolute atomic E-state index is 0.0668. The van der Waals surface area contributed by atoms with Crippen LogP contribution >= 0.6 is 11.6 Å². The Kier molecular flexibility index (Phi) is 7.67. The van der Waals surface area contributed by atoms with E-state index in [4.69, 9.17) is 16.0 Å². The van der Waals surface area contributed by atoms with Crippen molar-refractivity contribution in [3.8, 4) is 5.75 Å². The number of halogens is 1. The van der Waals surface area contributed by atoms with Crippen LogP contribution in [0.3, 0.4) is 0 Å². The standard InChI is InChI=1S/C23H20ClN3O7/c1-13(23(32)33)26-27(22(31)19-6-3-9-34-19)21(30)17-8-7-15(11-18(17)24)20(29)25-12-14-4-2-5-16(28)10-14/h2-11,13,26,28H,12H2,1H3,(H,25,29)(H,32,33)/t13-/m0/s1. The van der Waals surface area contributed by atoms with Crippen LogP contribution in [0.2, 0.25) is 5.02 Å². The highest BCUT2D eigenvalue weighted by Gasteiger charge is 2.30. The lowest BCUT2D eigenvalue weighted by Gasteiger charge is -2.23. The Bertz CT molecular complexity index is 1230. The Balaban J connectivity index is 1.79. The zero-order chi connectivity index (χ0) is 24.8. The Morgan fingerprint density at radius 3 is 2.44 bits per heavy atom. The van der Waals surface area contributed by atoms with Crippen molar-refractivity contribution >= 4 is 35.3 Å². The number of benzene rings is 2. The first-order valence-electron chi connectivity index (χ1n) is 9.94. The fourth-order valence-electron chi connectivity index (χ4n) is 2.87. The summed E-state index contributed by atoms with van der Waals surface area (Å²) >= 11 is 6.24. The highest BCUT2D eigenvalue weighted by Crippen LogP contribution is 2.21. The number of carbonyl (C=O) groups excluding carboxylic acids is 3. The van der Waals surface area contributed by atoms with E-state index in [0.29, 0.717) is 10.6 Å². The van der Waals surface area contributed by atoms with Crippen molar-refractivity contribution in [2.45, 2.75) is 19.5 Å². The van der Waals surface area contributed by atoms with Crippen molar-refractivity contribution in [2.75, 3.05) is 0 Å². The third kappa shape index (κ3) is 5.80. The number of rotatable bonds is 8. The van der Waals surface area contributed by atoms with E-state index in [-0.39, 0.29) is 34.2 Å². The Morgan fingerprint density at radius 1 is 1.06 bits per heavy atom. The number of carboxylic acids is 1. The molecule has 0 unspecified atom stereocenters. The number of phenolic OH excluding ortho intramolecular Hbond substituents is 1. The summed E-state index contributed by atoms with van der Waals surface area (Å²) in [7, 11) is 0. The minimum atomic E-state index is -1.30. The Hall–Kier alpha value is -4.15. The third-order valence-electron chi connectivity index (χ3n) is 4.66. The summed E-state index contributed by atoms with van der Waals surface area (Å²) in [5, 5.41) is 21.7. The van der Waals surface area contributed by atoms with E-state index >= 15 is 0 Å². The number of hydrazine groups is 1. The molecule has 2 aromatic carbocycles. The predicted molar refractivity (Wildman–Crippen MR) is 120 cm³/mol. The molecule has 1 atom stereocenters. The maximum Gasteiger partial charge on any atom is 0.322 e. The van der Waals surface area contributed by atoms with Crippen LogP contribution < -0.4 is 10.7 Å². The molecule has 0 aliphatic rings.